The van der Waals surface area contributed by atoms with Crippen LogP contribution in [0.1, 0.15) is 15.9 Å². The molecule has 0 fully saturated rings. The Hall–Kier alpha value is -4.26. The average molecular weight is 396 g/mol. The number of pyridine rings is 1. The Bertz CT molecular complexity index is 1450. The van der Waals surface area contributed by atoms with Crippen molar-refractivity contribution in [1.29, 1.82) is 0 Å². The molecule has 30 heavy (non-hydrogen) atoms. The molecule has 146 valence electrons. The highest BCUT2D eigenvalue weighted by atomic mass is 16.5. The monoisotopic (exact) mass is 396 g/mol. The molecule has 0 unspecified atom stereocenters. The quantitative estimate of drug-likeness (QED) is 0.370. The molecule has 0 saturated heterocycles. The third kappa shape index (κ3) is 3.12. The Morgan fingerprint density at radius 3 is 2.40 bits per heavy atom. The molecule has 0 spiro atoms. The Morgan fingerprint density at radius 2 is 1.63 bits per heavy atom. The topological polar surface area (TPSA) is 89.9 Å². The van der Waals surface area contributed by atoms with Crippen LogP contribution in [0.3, 0.4) is 0 Å². The maximum absolute atomic E-state index is 13.0. The summed E-state index contributed by atoms with van der Waals surface area (Å²) in [6.45, 7) is 1.93. The SMILES string of the molecule is Cc1ccc(OC(=O)c2cc(=O)[nH]c3ccccc23)c(-n2nc3ccccc3n2)c1. The van der Waals surface area contributed by atoms with Gasteiger partial charge in [0.25, 0.3) is 0 Å². The van der Waals surface area contributed by atoms with Crippen LogP contribution >= 0.6 is 0 Å². The minimum atomic E-state index is -0.626. The second-order valence-corrected chi connectivity index (χ2v) is 6.93. The van der Waals surface area contributed by atoms with Gasteiger partial charge in [-0.15, -0.1) is 15.0 Å². The number of benzene rings is 3. The van der Waals surface area contributed by atoms with E-state index in [9.17, 15) is 9.59 Å². The van der Waals surface area contributed by atoms with E-state index in [4.69, 9.17) is 4.74 Å². The van der Waals surface area contributed by atoms with Crippen LogP contribution in [0.2, 0.25) is 0 Å². The summed E-state index contributed by atoms with van der Waals surface area (Å²) >= 11 is 0. The zero-order chi connectivity index (χ0) is 20.7. The number of rotatable bonds is 3. The van der Waals surface area contributed by atoms with Crippen molar-refractivity contribution in [2.24, 2.45) is 0 Å². The summed E-state index contributed by atoms with van der Waals surface area (Å²) < 4.78 is 5.71. The predicted molar refractivity (Wildman–Crippen MR) is 113 cm³/mol. The number of nitrogens with zero attached hydrogens (tertiary/aromatic N) is 3. The Labute approximate surface area is 170 Å². The molecule has 7 nitrogen and oxygen atoms in total. The second kappa shape index (κ2) is 6.97. The van der Waals surface area contributed by atoms with Crippen molar-refractivity contribution < 1.29 is 9.53 Å². The molecule has 5 rings (SSSR count). The molecule has 2 aromatic heterocycles. The van der Waals surface area contributed by atoms with E-state index >= 15 is 0 Å². The van der Waals surface area contributed by atoms with Crippen molar-refractivity contribution in [2.75, 3.05) is 0 Å². The van der Waals surface area contributed by atoms with Crippen LogP contribution in [0.15, 0.2) is 77.6 Å². The van der Waals surface area contributed by atoms with Crippen LogP contribution in [0.4, 0.5) is 0 Å². The highest BCUT2D eigenvalue weighted by molar-refractivity contribution is 6.04. The van der Waals surface area contributed by atoms with Gasteiger partial charge in [0, 0.05) is 17.0 Å². The number of hydrogen-bond acceptors (Lipinski definition) is 5. The number of ether oxygens (including phenoxy) is 1. The van der Waals surface area contributed by atoms with E-state index in [-0.39, 0.29) is 11.1 Å². The van der Waals surface area contributed by atoms with Crippen molar-refractivity contribution in [1.82, 2.24) is 20.0 Å². The lowest BCUT2D eigenvalue weighted by molar-refractivity contribution is 0.0736. The van der Waals surface area contributed by atoms with Gasteiger partial charge in [-0.1, -0.05) is 36.4 Å². The van der Waals surface area contributed by atoms with E-state index in [2.05, 4.69) is 15.2 Å². The first-order chi connectivity index (χ1) is 14.6. The molecule has 0 saturated carbocycles. The summed E-state index contributed by atoms with van der Waals surface area (Å²) in [6, 6.07) is 21.2. The first kappa shape index (κ1) is 17.8. The number of fused-ring (bicyclic) bond motifs is 2. The summed E-state index contributed by atoms with van der Waals surface area (Å²) in [5.74, 6) is -0.325. The predicted octanol–water partition coefficient (Wildman–Crippen LogP) is 3.79. The number of H-pyrrole nitrogens is 1. The summed E-state index contributed by atoms with van der Waals surface area (Å²) in [4.78, 5) is 29.2. The molecule has 0 aliphatic carbocycles. The molecule has 0 aliphatic rings. The molecule has 7 heteroatoms. The normalized spacial score (nSPS) is 11.1. The van der Waals surface area contributed by atoms with E-state index in [1.54, 1.807) is 30.3 Å². The van der Waals surface area contributed by atoms with Gasteiger partial charge in [-0.05, 0) is 42.8 Å². The number of para-hydroxylation sites is 1. The number of carbonyl (C=O) groups excluding carboxylic acids is 1. The largest absolute Gasteiger partial charge is 0.421 e. The lowest BCUT2D eigenvalue weighted by atomic mass is 10.1. The fourth-order valence-corrected chi connectivity index (χ4v) is 3.37. The smallest absolute Gasteiger partial charge is 0.344 e. The molecule has 3 aromatic carbocycles. The lowest BCUT2D eigenvalue weighted by Gasteiger charge is -2.11. The minimum absolute atomic E-state index is 0.194. The minimum Gasteiger partial charge on any atom is -0.421 e. The number of aromatic amines is 1. The van der Waals surface area contributed by atoms with E-state index in [0.29, 0.717) is 22.3 Å². The van der Waals surface area contributed by atoms with Gasteiger partial charge in [-0.25, -0.2) is 4.79 Å². The Morgan fingerprint density at radius 1 is 0.933 bits per heavy atom. The van der Waals surface area contributed by atoms with Crippen LogP contribution in [-0.2, 0) is 0 Å². The molecule has 0 atom stereocenters. The number of hydrogen-bond donors (Lipinski definition) is 1. The zero-order valence-electron chi connectivity index (χ0n) is 16.0. The second-order valence-electron chi connectivity index (χ2n) is 6.93. The lowest BCUT2D eigenvalue weighted by Crippen LogP contribution is -2.16. The van der Waals surface area contributed by atoms with Crippen molar-refractivity contribution in [3.05, 3.63) is 94.3 Å². The first-order valence-electron chi connectivity index (χ1n) is 9.36. The highest BCUT2D eigenvalue weighted by Gasteiger charge is 2.18. The first-order valence-corrected chi connectivity index (χ1v) is 9.36. The highest BCUT2D eigenvalue weighted by Crippen LogP contribution is 2.26. The Kier molecular flexibility index (Phi) is 4.14. The van der Waals surface area contributed by atoms with E-state index in [0.717, 1.165) is 16.6 Å². The number of esters is 1. The third-order valence-corrected chi connectivity index (χ3v) is 4.79. The van der Waals surface area contributed by atoms with Crippen LogP contribution in [0, 0.1) is 6.92 Å². The molecule has 2 heterocycles. The van der Waals surface area contributed by atoms with Crippen molar-refractivity contribution in [2.45, 2.75) is 6.92 Å². The van der Waals surface area contributed by atoms with Crippen LogP contribution in [-0.4, -0.2) is 25.9 Å². The van der Waals surface area contributed by atoms with Gasteiger partial charge in [0.15, 0.2) is 5.75 Å². The summed E-state index contributed by atoms with van der Waals surface area (Å²) in [6.07, 6.45) is 0. The van der Waals surface area contributed by atoms with E-state index in [1.807, 2.05) is 43.3 Å². The fraction of sp³-hybridized carbons (Fsp3) is 0.0435. The van der Waals surface area contributed by atoms with Crippen molar-refractivity contribution >= 4 is 27.9 Å². The molecular weight excluding hydrogens is 380 g/mol. The fourth-order valence-electron chi connectivity index (χ4n) is 3.37. The molecular formula is C23H16N4O3. The number of nitrogens with one attached hydrogen (secondary N) is 1. The maximum atomic E-state index is 13.0. The van der Waals surface area contributed by atoms with Crippen LogP contribution < -0.4 is 10.3 Å². The van der Waals surface area contributed by atoms with Gasteiger partial charge in [0.05, 0.1) is 5.56 Å². The van der Waals surface area contributed by atoms with Gasteiger partial charge < -0.3 is 9.72 Å². The van der Waals surface area contributed by atoms with Gasteiger partial charge in [-0.2, -0.15) is 0 Å². The van der Waals surface area contributed by atoms with Gasteiger partial charge in [0.2, 0.25) is 5.56 Å². The van der Waals surface area contributed by atoms with Crippen LogP contribution in [0.25, 0.3) is 27.6 Å². The summed E-state index contributed by atoms with van der Waals surface area (Å²) in [7, 11) is 0. The van der Waals surface area contributed by atoms with E-state index in [1.165, 1.54) is 10.9 Å². The van der Waals surface area contributed by atoms with E-state index < -0.39 is 5.97 Å². The number of aryl methyl sites for hydroxylation is 1. The van der Waals surface area contributed by atoms with Gasteiger partial charge in [0.1, 0.15) is 16.7 Å². The third-order valence-electron chi connectivity index (χ3n) is 4.79. The van der Waals surface area contributed by atoms with Gasteiger partial charge >= 0.3 is 5.97 Å². The summed E-state index contributed by atoms with van der Waals surface area (Å²) in [5.41, 5.74) is 3.36. The maximum Gasteiger partial charge on any atom is 0.344 e. The summed E-state index contributed by atoms with van der Waals surface area (Å²) in [5, 5.41) is 9.59. The molecule has 1 N–H and O–H groups in total. The van der Waals surface area contributed by atoms with Gasteiger partial charge in [-0.3, -0.25) is 4.79 Å². The zero-order valence-corrected chi connectivity index (χ0v) is 16.0. The number of carbonyl (C=O) groups is 1. The molecule has 5 aromatic rings. The Balaban J connectivity index is 1.59. The molecule has 0 aliphatic heterocycles. The molecule has 0 amide bonds. The standard InChI is InChI=1S/C23H16N4O3/c1-14-10-11-21(20(12-14)27-25-18-8-4-5-9-19(18)26-27)30-23(29)16-13-22(28)24-17-7-3-2-6-15(16)17/h2-13H,1H3,(H,24,28). The number of aromatic nitrogens is 4. The average Bonchev–Trinajstić information content (AvgIpc) is 3.18. The molecule has 0 bridgehead atoms. The van der Waals surface area contributed by atoms with Crippen molar-refractivity contribution in [3.63, 3.8) is 0 Å². The molecule has 0 radical (unpaired) electrons. The van der Waals surface area contributed by atoms with Crippen molar-refractivity contribution in [3.8, 4) is 11.4 Å². The van der Waals surface area contributed by atoms with Crippen LogP contribution in [0.5, 0.6) is 5.75 Å².